The molecule has 2 fully saturated rings. The van der Waals surface area contributed by atoms with E-state index in [9.17, 15) is 14.4 Å². The third-order valence-electron chi connectivity index (χ3n) is 5.61. The second-order valence-electron chi connectivity index (χ2n) is 7.53. The summed E-state index contributed by atoms with van der Waals surface area (Å²) in [6.07, 6.45) is 0.243. The van der Waals surface area contributed by atoms with Gasteiger partial charge in [0.25, 0.3) is 5.91 Å². The summed E-state index contributed by atoms with van der Waals surface area (Å²) < 4.78 is 0. The van der Waals surface area contributed by atoms with Crippen molar-refractivity contribution in [3.8, 4) is 0 Å². The molecule has 2 saturated heterocycles. The number of hydrogen-bond acceptors (Lipinski definition) is 4. The average molecular weight is 393 g/mol. The minimum atomic E-state index is -0.324. The fourth-order valence-electron chi connectivity index (χ4n) is 4.16. The summed E-state index contributed by atoms with van der Waals surface area (Å²) in [5.41, 5.74) is 2.39. The van der Waals surface area contributed by atoms with Crippen molar-refractivity contribution in [1.82, 2.24) is 0 Å². The third kappa shape index (κ3) is 4.00. The summed E-state index contributed by atoms with van der Waals surface area (Å²) >= 11 is 0. The molecule has 2 aliphatic heterocycles. The van der Waals surface area contributed by atoms with E-state index in [-0.39, 0.29) is 30.2 Å². The van der Waals surface area contributed by atoms with E-state index in [4.69, 9.17) is 0 Å². The molecule has 2 heterocycles. The number of carbonyl (C=O) groups excluding carboxylic acids is 3. The van der Waals surface area contributed by atoms with Crippen LogP contribution in [0.4, 0.5) is 17.1 Å². The molecule has 0 saturated carbocycles. The van der Waals surface area contributed by atoms with Gasteiger partial charge in [-0.3, -0.25) is 14.4 Å². The molecule has 3 amide bonds. The van der Waals surface area contributed by atoms with Crippen molar-refractivity contribution in [3.63, 3.8) is 0 Å². The van der Waals surface area contributed by atoms with Crippen LogP contribution in [0.1, 0.15) is 13.3 Å². The van der Waals surface area contributed by atoms with Gasteiger partial charge >= 0.3 is 0 Å². The van der Waals surface area contributed by atoms with Crippen molar-refractivity contribution in [3.05, 3.63) is 54.6 Å². The largest absolute Gasteiger partial charge is 0.360 e. The first kappa shape index (κ1) is 19.1. The van der Waals surface area contributed by atoms with Gasteiger partial charge in [0, 0.05) is 18.3 Å². The van der Waals surface area contributed by atoms with E-state index in [2.05, 4.69) is 22.3 Å². The predicted octanol–water partition coefficient (Wildman–Crippen LogP) is 0.682. The Kier molecular flexibility index (Phi) is 5.31. The molecule has 2 aromatic carbocycles. The third-order valence-corrected chi connectivity index (χ3v) is 5.61. The smallest absolute Gasteiger partial charge is 0.292 e. The van der Waals surface area contributed by atoms with E-state index in [1.54, 1.807) is 24.3 Å². The molecule has 0 unspecified atom stereocenters. The van der Waals surface area contributed by atoms with Crippen molar-refractivity contribution in [2.75, 3.05) is 41.3 Å². The monoisotopic (exact) mass is 393 g/mol. The van der Waals surface area contributed by atoms with Crippen LogP contribution in [0, 0.1) is 0 Å². The summed E-state index contributed by atoms with van der Waals surface area (Å²) in [4.78, 5) is 41.6. The first-order valence-electron chi connectivity index (χ1n) is 9.92. The second kappa shape index (κ2) is 8.05. The van der Waals surface area contributed by atoms with E-state index in [1.807, 2.05) is 18.2 Å². The van der Waals surface area contributed by atoms with Gasteiger partial charge in [0.15, 0.2) is 6.04 Å². The Bertz CT molecular complexity index is 905. The number of imide groups is 1. The van der Waals surface area contributed by atoms with E-state index in [0.29, 0.717) is 11.4 Å². The molecule has 0 bridgehead atoms. The molecule has 0 aromatic heterocycles. The Hall–Kier alpha value is -3.19. The average Bonchev–Trinajstić information content (AvgIpc) is 3.03. The summed E-state index contributed by atoms with van der Waals surface area (Å²) in [6, 6.07) is 16.8. The van der Waals surface area contributed by atoms with Crippen LogP contribution in [0.5, 0.6) is 0 Å². The number of amides is 3. The van der Waals surface area contributed by atoms with Crippen molar-refractivity contribution in [1.29, 1.82) is 0 Å². The maximum atomic E-state index is 13.0. The number of nitrogens with one attached hydrogen (secondary N) is 2. The molecule has 2 aliphatic rings. The summed E-state index contributed by atoms with van der Waals surface area (Å²) in [6.45, 7) is 4.82. The number of anilines is 3. The summed E-state index contributed by atoms with van der Waals surface area (Å²) in [7, 11) is 0. The number of nitrogens with zero attached hydrogens (tertiary/aromatic N) is 2. The topological polar surface area (TPSA) is 74.2 Å². The van der Waals surface area contributed by atoms with Gasteiger partial charge in [0.05, 0.1) is 38.3 Å². The first-order valence-corrected chi connectivity index (χ1v) is 9.92. The molecule has 2 N–H and O–H groups in total. The zero-order chi connectivity index (χ0) is 20.4. The molecule has 0 spiro atoms. The molecule has 7 heteroatoms. The van der Waals surface area contributed by atoms with Crippen LogP contribution in [-0.2, 0) is 14.4 Å². The highest BCUT2D eigenvalue weighted by atomic mass is 16.2. The molecule has 2 aromatic rings. The molecule has 29 heavy (non-hydrogen) atoms. The highest BCUT2D eigenvalue weighted by Crippen LogP contribution is 2.24. The van der Waals surface area contributed by atoms with Gasteiger partial charge in [0.1, 0.15) is 0 Å². The lowest BCUT2D eigenvalue weighted by Gasteiger charge is -2.35. The molecule has 4 rings (SSSR count). The minimum Gasteiger partial charge on any atom is -0.360 e. The lowest BCUT2D eigenvalue weighted by Crippen LogP contribution is -3.19. The SMILES string of the molecule is CC(=O)Nc1ccc(N2C(=O)C[C@H]([NH+]3CCN(c4ccccc4)CC3)C2=O)cc1. The van der Waals surface area contributed by atoms with E-state index < -0.39 is 0 Å². The van der Waals surface area contributed by atoms with Crippen molar-refractivity contribution < 1.29 is 19.3 Å². The zero-order valence-electron chi connectivity index (χ0n) is 16.4. The highest BCUT2D eigenvalue weighted by molar-refractivity contribution is 6.21. The number of para-hydroxylation sites is 1. The maximum absolute atomic E-state index is 13.0. The van der Waals surface area contributed by atoms with Gasteiger partial charge in [-0.05, 0) is 36.4 Å². The van der Waals surface area contributed by atoms with Crippen LogP contribution in [0.3, 0.4) is 0 Å². The van der Waals surface area contributed by atoms with Gasteiger partial charge in [-0.25, -0.2) is 4.90 Å². The predicted molar refractivity (Wildman–Crippen MR) is 111 cm³/mol. The van der Waals surface area contributed by atoms with Crippen molar-refractivity contribution >= 4 is 34.8 Å². The van der Waals surface area contributed by atoms with Gasteiger partial charge in [-0.2, -0.15) is 0 Å². The Balaban J connectivity index is 1.41. The number of rotatable bonds is 4. The fourth-order valence-corrected chi connectivity index (χ4v) is 4.16. The number of hydrogen-bond donors (Lipinski definition) is 2. The standard InChI is InChI=1S/C22H24N4O3/c1-16(27)23-17-7-9-19(10-8-17)26-21(28)15-20(22(26)29)25-13-11-24(12-14-25)18-5-3-2-4-6-18/h2-10,20H,11-15H2,1H3,(H,23,27)/p+1/t20-/m0/s1. The lowest BCUT2D eigenvalue weighted by atomic mass is 10.1. The molecule has 0 aliphatic carbocycles. The number of piperazine rings is 1. The zero-order valence-corrected chi connectivity index (χ0v) is 16.4. The Morgan fingerprint density at radius 3 is 2.24 bits per heavy atom. The number of quaternary nitrogens is 1. The van der Waals surface area contributed by atoms with Crippen LogP contribution >= 0.6 is 0 Å². The Morgan fingerprint density at radius 1 is 0.966 bits per heavy atom. The molecule has 1 atom stereocenters. The first-order chi connectivity index (χ1) is 14.0. The summed E-state index contributed by atoms with van der Waals surface area (Å²) in [5, 5.41) is 2.69. The van der Waals surface area contributed by atoms with Crippen molar-refractivity contribution in [2.24, 2.45) is 0 Å². The van der Waals surface area contributed by atoms with E-state index >= 15 is 0 Å². The Labute approximate surface area is 169 Å². The molecule has 150 valence electrons. The second-order valence-corrected chi connectivity index (χ2v) is 7.53. The van der Waals surface area contributed by atoms with E-state index in [1.165, 1.54) is 22.4 Å². The highest BCUT2D eigenvalue weighted by Gasteiger charge is 2.46. The van der Waals surface area contributed by atoms with Gasteiger partial charge in [-0.1, -0.05) is 18.2 Å². The quantitative estimate of drug-likeness (QED) is 0.750. The van der Waals surface area contributed by atoms with Crippen LogP contribution < -0.4 is 20.0 Å². The number of benzene rings is 2. The van der Waals surface area contributed by atoms with Gasteiger partial charge in [0.2, 0.25) is 11.8 Å². The van der Waals surface area contributed by atoms with Gasteiger partial charge in [-0.15, -0.1) is 0 Å². The van der Waals surface area contributed by atoms with Crippen LogP contribution in [0.25, 0.3) is 0 Å². The number of carbonyl (C=O) groups is 3. The molecule has 7 nitrogen and oxygen atoms in total. The van der Waals surface area contributed by atoms with Crippen LogP contribution in [0.15, 0.2) is 54.6 Å². The van der Waals surface area contributed by atoms with Crippen LogP contribution in [0.2, 0.25) is 0 Å². The van der Waals surface area contributed by atoms with Gasteiger partial charge < -0.3 is 15.1 Å². The Morgan fingerprint density at radius 2 is 1.62 bits per heavy atom. The van der Waals surface area contributed by atoms with E-state index in [0.717, 1.165) is 26.2 Å². The summed E-state index contributed by atoms with van der Waals surface area (Å²) in [5.74, 6) is -0.458. The molecule has 0 radical (unpaired) electrons. The van der Waals surface area contributed by atoms with Crippen LogP contribution in [-0.4, -0.2) is 49.9 Å². The lowest BCUT2D eigenvalue weighted by molar-refractivity contribution is -0.915. The maximum Gasteiger partial charge on any atom is 0.292 e. The van der Waals surface area contributed by atoms with Crippen molar-refractivity contribution in [2.45, 2.75) is 19.4 Å². The molecular formula is C22H25N4O3+. The molecular weight excluding hydrogens is 368 g/mol. The fraction of sp³-hybridized carbons (Fsp3) is 0.318. The minimum absolute atomic E-state index is 0.134. The normalized spacial score (nSPS) is 20.2.